The minimum Gasteiger partial charge on any atom is -0.411 e. The molecule has 0 aliphatic carbocycles. The third-order valence-electron chi connectivity index (χ3n) is 1.75. The summed E-state index contributed by atoms with van der Waals surface area (Å²) in [5.41, 5.74) is 1.46. The maximum absolute atomic E-state index is 8.41. The molecule has 0 amide bonds. The fraction of sp³-hybridized carbons (Fsp3) is 0. The van der Waals surface area contributed by atoms with Crippen LogP contribution in [0.1, 0.15) is 5.56 Å². The smallest absolute Gasteiger partial charge is 0.159 e. The fourth-order valence-electron chi connectivity index (χ4n) is 1.18. The van der Waals surface area contributed by atoms with E-state index < -0.39 is 0 Å². The number of fused-ring (bicyclic) bond motifs is 1. The second kappa shape index (κ2) is 3.18. The van der Waals surface area contributed by atoms with Crippen molar-refractivity contribution in [2.24, 2.45) is 5.16 Å². The molecule has 0 bridgehead atoms. The Morgan fingerprint density at radius 2 is 2.08 bits per heavy atom. The molecule has 4 heteroatoms. The van der Waals surface area contributed by atoms with Crippen molar-refractivity contribution in [2.45, 2.75) is 0 Å². The standard InChI is InChI=1S/C9H7N3O/c13-12-6-7-3-5-11-9-8(7)2-1-4-10-9/h1-6,13H/b12-6+. The van der Waals surface area contributed by atoms with E-state index in [4.69, 9.17) is 5.21 Å². The number of aromatic nitrogens is 2. The fourth-order valence-corrected chi connectivity index (χ4v) is 1.18. The van der Waals surface area contributed by atoms with Gasteiger partial charge in [0.05, 0.1) is 6.21 Å². The van der Waals surface area contributed by atoms with Crippen LogP contribution in [0, 0.1) is 0 Å². The molecule has 0 saturated heterocycles. The van der Waals surface area contributed by atoms with Gasteiger partial charge >= 0.3 is 0 Å². The highest BCUT2D eigenvalue weighted by Crippen LogP contribution is 2.11. The summed E-state index contributed by atoms with van der Waals surface area (Å²) < 4.78 is 0. The molecule has 2 aromatic heterocycles. The van der Waals surface area contributed by atoms with E-state index >= 15 is 0 Å². The van der Waals surface area contributed by atoms with E-state index in [9.17, 15) is 0 Å². The molecule has 0 unspecified atom stereocenters. The summed E-state index contributed by atoms with van der Waals surface area (Å²) >= 11 is 0. The van der Waals surface area contributed by atoms with Crippen molar-refractivity contribution >= 4 is 17.2 Å². The lowest BCUT2D eigenvalue weighted by Crippen LogP contribution is -1.88. The normalized spacial score (nSPS) is 11.1. The molecule has 0 saturated carbocycles. The Kier molecular flexibility index (Phi) is 1.88. The van der Waals surface area contributed by atoms with Crippen molar-refractivity contribution in [1.82, 2.24) is 9.97 Å². The van der Waals surface area contributed by atoms with Crippen LogP contribution < -0.4 is 0 Å². The molecule has 4 nitrogen and oxygen atoms in total. The van der Waals surface area contributed by atoms with Crippen LogP contribution in [0.15, 0.2) is 35.7 Å². The Morgan fingerprint density at radius 1 is 1.23 bits per heavy atom. The van der Waals surface area contributed by atoms with E-state index in [1.807, 2.05) is 12.1 Å². The number of nitrogens with zero attached hydrogens (tertiary/aromatic N) is 3. The molecule has 1 N–H and O–H groups in total. The summed E-state index contributed by atoms with van der Waals surface area (Å²) in [7, 11) is 0. The van der Waals surface area contributed by atoms with Crippen LogP contribution in [-0.4, -0.2) is 21.4 Å². The van der Waals surface area contributed by atoms with Gasteiger partial charge in [-0.25, -0.2) is 9.97 Å². The molecule has 64 valence electrons. The quantitative estimate of drug-likeness (QED) is 0.403. The van der Waals surface area contributed by atoms with Gasteiger partial charge in [0.2, 0.25) is 0 Å². The van der Waals surface area contributed by atoms with Gasteiger partial charge in [0.15, 0.2) is 5.65 Å². The molecule has 0 atom stereocenters. The second-order valence-electron chi connectivity index (χ2n) is 2.52. The highest BCUT2D eigenvalue weighted by Gasteiger charge is 1.98. The van der Waals surface area contributed by atoms with Crippen LogP contribution in [0.4, 0.5) is 0 Å². The number of oxime groups is 1. The maximum atomic E-state index is 8.41. The topological polar surface area (TPSA) is 58.4 Å². The van der Waals surface area contributed by atoms with Gasteiger partial charge < -0.3 is 5.21 Å². The average Bonchev–Trinajstić information content (AvgIpc) is 2.19. The molecular formula is C9H7N3O. The van der Waals surface area contributed by atoms with E-state index in [-0.39, 0.29) is 0 Å². The first kappa shape index (κ1) is 7.67. The van der Waals surface area contributed by atoms with Gasteiger partial charge in [-0.1, -0.05) is 5.16 Å². The Labute approximate surface area is 74.6 Å². The number of hydrogen-bond donors (Lipinski definition) is 1. The van der Waals surface area contributed by atoms with Crippen LogP contribution in [0.5, 0.6) is 0 Å². The number of pyridine rings is 2. The first-order valence-corrected chi connectivity index (χ1v) is 3.79. The van der Waals surface area contributed by atoms with Crippen LogP contribution in [0.2, 0.25) is 0 Å². The zero-order chi connectivity index (χ0) is 9.10. The van der Waals surface area contributed by atoms with Crippen molar-refractivity contribution < 1.29 is 5.21 Å². The van der Waals surface area contributed by atoms with E-state index in [1.54, 1.807) is 18.5 Å². The molecule has 2 rings (SSSR count). The lowest BCUT2D eigenvalue weighted by molar-refractivity contribution is 0.322. The molecule has 0 spiro atoms. The second-order valence-corrected chi connectivity index (χ2v) is 2.52. The van der Waals surface area contributed by atoms with Crippen molar-refractivity contribution in [3.05, 3.63) is 36.2 Å². The minimum atomic E-state index is 0.653. The van der Waals surface area contributed by atoms with Crippen molar-refractivity contribution in [2.75, 3.05) is 0 Å². The van der Waals surface area contributed by atoms with Crippen LogP contribution in [0.25, 0.3) is 11.0 Å². The van der Waals surface area contributed by atoms with Gasteiger partial charge in [-0.2, -0.15) is 0 Å². The summed E-state index contributed by atoms with van der Waals surface area (Å²) in [4.78, 5) is 8.14. The molecule has 2 heterocycles. The summed E-state index contributed by atoms with van der Waals surface area (Å²) in [6.07, 6.45) is 4.67. The predicted molar refractivity (Wildman–Crippen MR) is 48.9 cm³/mol. The SMILES string of the molecule is O/N=C/c1ccnc2ncccc12. The van der Waals surface area contributed by atoms with Crippen LogP contribution >= 0.6 is 0 Å². The molecule has 0 aliphatic rings. The summed E-state index contributed by atoms with van der Waals surface area (Å²) in [6, 6.07) is 5.47. The molecule has 13 heavy (non-hydrogen) atoms. The van der Waals surface area contributed by atoms with Crippen molar-refractivity contribution in [3.63, 3.8) is 0 Å². The van der Waals surface area contributed by atoms with E-state index in [0.717, 1.165) is 10.9 Å². The minimum absolute atomic E-state index is 0.653. The van der Waals surface area contributed by atoms with Gasteiger partial charge in [-0.15, -0.1) is 0 Å². The first-order chi connectivity index (χ1) is 6.42. The molecule has 2 aromatic rings. The Bertz CT molecular complexity index is 448. The van der Waals surface area contributed by atoms with E-state index in [1.165, 1.54) is 6.21 Å². The summed E-state index contributed by atoms with van der Waals surface area (Å²) in [5.74, 6) is 0. The van der Waals surface area contributed by atoms with Gasteiger partial charge in [0.25, 0.3) is 0 Å². The zero-order valence-electron chi connectivity index (χ0n) is 6.75. The van der Waals surface area contributed by atoms with Gasteiger partial charge in [0, 0.05) is 23.3 Å². The average molecular weight is 173 g/mol. The molecule has 0 aliphatic heterocycles. The predicted octanol–water partition coefficient (Wildman–Crippen LogP) is 1.44. The van der Waals surface area contributed by atoms with Crippen molar-refractivity contribution in [1.29, 1.82) is 0 Å². The third kappa shape index (κ3) is 1.33. The highest BCUT2D eigenvalue weighted by atomic mass is 16.4. The molecule has 0 radical (unpaired) electrons. The van der Waals surface area contributed by atoms with Crippen molar-refractivity contribution in [3.8, 4) is 0 Å². The lowest BCUT2D eigenvalue weighted by atomic mass is 10.2. The maximum Gasteiger partial charge on any atom is 0.159 e. The Morgan fingerprint density at radius 3 is 2.92 bits per heavy atom. The van der Waals surface area contributed by atoms with Gasteiger partial charge in [-0.3, -0.25) is 0 Å². The van der Waals surface area contributed by atoms with Gasteiger partial charge in [-0.05, 0) is 18.2 Å². The van der Waals surface area contributed by atoms with E-state index in [0.29, 0.717) is 5.65 Å². The first-order valence-electron chi connectivity index (χ1n) is 3.79. The highest BCUT2D eigenvalue weighted by molar-refractivity contribution is 5.96. The van der Waals surface area contributed by atoms with E-state index in [2.05, 4.69) is 15.1 Å². The number of rotatable bonds is 1. The van der Waals surface area contributed by atoms with Crippen LogP contribution in [-0.2, 0) is 0 Å². The largest absolute Gasteiger partial charge is 0.411 e. The Balaban J connectivity index is 2.75. The number of hydrogen-bond acceptors (Lipinski definition) is 4. The zero-order valence-corrected chi connectivity index (χ0v) is 6.75. The van der Waals surface area contributed by atoms with Crippen LogP contribution in [0.3, 0.4) is 0 Å². The lowest BCUT2D eigenvalue weighted by Gasteiger charge is -1.97. The summed E-state index contributed by atoms with van der Waals surface area (Å²) in [5, 5.41) is 12.3. The summed E-state index contributed by atoms with van der Waals surface area (Å²) in [6.45, 7) is 0. The van der Waals surface area contributed by atoms with Gasteiger partial charge in [0.1, 0.15) is 0 Å². The molecule has 0 aromatic carbocycles. The monoisotopic (exact) mass is 173 g/mol. The third-order valence-corrected chi connectivity index (χ3v) is 1.75. The Hall–Kier alpha value is -1.97. The molecule has 0 fully saturated rings. The molecular weight excluding hydrogens is 166 g/mol.